The van der Waals surface area contributed by atoms with Crippen molar-refractivity contribution in [3.05, 3.63) is 35.4 Å². The number of nitriles is 1. The van der Waals surface area contributed by atoms with E-state index in [1.807, 2.05) is 14.0 Å². The highest BCUT2D eigenvalue weighted by molar-refractivity contribution is 5.22. The lowest BCUT2D eigenvalue weighted by Crippen LogP contribution is -2.29. The minimum absolute atomic E-state index is 0.00471. The van der Waals surface area contributed by atoms with Crippen LogP contribution in [-0.4, -0.2) is 24.5 Å². The number of hydrogen-bond acceptors (Lipinski definition) is 2. The third kappa shape index (κ3) is 3.67. The lowest BCUT2D eigenvalue weighted by molar-refractivity contribution is 0.306. The summed E-state index contributed by atoms with van der Waals surface area (Å²) < 4.78 is 0. The molecule has 0 aromatic heterocycles. The van der Waals surface area contributed by atoms with Gasteiger partial charge in [0.25, 0.3) is 0 Å². The topological polar surface area (TPSA) is 27.0 Å². The lowest BCUT2D eigenvalue weighted by Gasteiger charge is -2.18. The van der Waals surface area contributed by atoms with E-state index in [-0.39, 0.29) is 6.04 Å². The van der Waals surface area contributed by atoms with Crippen LogP contribution in [0.15, 0.2) is 24.3 Å². The van der Waals surface area contributed by atoms with Gasteiger partial charge in [-0.1, -0.05) is 31.2 Å². The van der Waals surface area contributed by atoms with Crippen LogP contribution in [0.3, 0.4) is 0 Å². The first-order valence-corrected chi connectivity index (χ1v) is 5.85. The summed E-state index contributed by atoms with van der Waals surface area (Å²) in [5.74, 6) is 0. The number of aryl methyl sites for hydroxylation is 1. The van der Waals surface area contributed by atoms with Gasteiger partial charge in [-0.15, -0.1) is 0 Å². The molecule has 0 saturated carbocycles. The standard InChI is InChI=1S/C14H20N2/c1-4-13-5-7-14(8-6-13)9-10-16(3)12(2)11-15/h5-8,12H,4,9-10H2,1-3H3. The van der Waals surface area contributed by atoms with Gasteiger partial charge in [0.15, 0.2) is 0 Å². The van der Waals surface area contributed by atoms with Crippen molar-refractivity contribution >= 4 is 0 Å². The monoisotopic (exact) mass is 216 g/mol. The fourth-order valence-corrected chi connectivity index (χ4v) is 1.54. The van der Waals surface area contributed by atoms with E-state index >= 15 is 0 Å². The minimum atomic E-state index is -0.00471. The third-order valence-electron chi connectivity index (χ3n) is 3.03. The van der Waals surface area contributed by atoms with Crippen molar-refractivity contribution in [1.29, 1.82) is 5.26 Å². The first-order valence-electron chi connectivity index (χ1n) is 5.85. The van der Waals surface area contributed by atoms with E-state index in [2.05, 4.69) is 42.2 Å². The Morgan fingerprint density at radius 2 is 1.81 bits per heavy atom. The Morgan fingerprint density at radius 1 is 1.25 bits per heavy atom. The lowest BCUT2D eigenvalue weighted by atomic mass is 10.1. The molecule has 0 aliphatic heterocycles. The van der Waals surface area contributed by atoms with Gasteiger partial charge in [-0.25, -0.2) is 0 Å². The van der Waals surface area contributed by atoms with Crippen LogP contribution in [0.1, 0.15) is 25.0 Å². The largest absolute Gasteiger partial charge is 0.291 e. The van der Waals surface area contributed by atoms with Crippen molar-refractivity contribution < 1.29 is 0 Å². The summed E-state index contributed by atoms with van der Waals surface area (Å²) in [5, 5.41) is 8.78. The second-order valence-corrected chi connectivity index (χ2v) is 4.21. The molecule has 0 radical (unpaired) electrons. The predicted molar refractivity (Wildman–Crippen MR) is 67.2 cm³/mol. The Kier molecular flexibility index (Phi) is 5.01. The molecule has 0 N–H and O–H groups in total. The molecule has 86 valence electrons. The fourth-order valence-electron chi connectivity index (χ4n) is 1.54. The molecule has 1 atom stereocenters. The summed E-state index contributed by atoms with van der Waals surface area (Å²) in [4.78, 5) is 2.08. The Morgan fingerprint density at radius 3 is 2.31 bits per heavy atom. The van der Waals surface area contributed by atoms with Crippen molar-refractivity contribution in [2.45, 2.75) is 32.7 Å². The first-order chi connectivity index (χ1) is 7.67. The highest BCUT2D eigenvalue weighted by atomic mass is 15.1. The van der Waals surface area contributed by atoms with Gasteiger partial charge in [-0.3, -0.25) is 4.90 Å². The molecule has 0 amide bonds. The zero-order chi connectivity index (χ0) is 12.0. The molecule has 0 spiro atoms. The molecule has 1 rings (SSSR count). The van der Waals surface area contributed by atoms with Crippen LogP contribution in [0, 0.1) is 11.3 Å². The Bertz CT molecular complexity index is 348. The number of nitrogens with zero attached hydrogens (tertiary/aromatic N) is 2. The zero-order valence-electron chi connectivity index (χ0n) is 10.4. The molecule has 2 nitrogen and oxygen atoms in total. The predicted octanol–water partition coefficient (Wildman–Crippen LogP) is 2.64. The summed E-state index contributed by atoms with van der Waals surface area (Å²) in [6.45, 7) is 5.03. The zero-order valence-corrected chi connectivity index (χ0v) is 10.4. The van der Waals surface area contributed by atoms with Gasteiger partial charge in [0.2, 0.25) is 0 Å². The summed E-state index contributed by atoms with van der Waals surface area (Å²) in [6.07, 6.45) is 2.10. The molecule has 0 bridgehead atoms. The maximum atomic E-state index is 8.78. The Hall–Kier alpha value is -1.33. The second-order valence-electron chi connectivity index (χ2n) is 4.21. The van der Waals surface area contributed by atoms with Crippen LogP contribution in [0.5, 0.6) is 0 Å². The van der Waals surface area contributed by atoms with Crippen molar-refractivity contribution in [2.75, 3.05) is 13.6 Å². The average Bonchev–Trinajstić information content (AvgIpc) is 2.35. The van der Waals surface area contributed by atoms with Crippen LogP contribution >= 0.6 is 0 Å². The van der Waals surface area contributed by atoms with Crippen molar-refractivity contribution in [1.82, 2.24) is 4.90 Å². The summed E-state index contributed by atoms with van der Waals surface area (Å²) in [7, 11) is 1.99. The number of rotatable bonds is 5. The molecule has 0 heterocycles. The summed E-state index contributed by atoms with van der Waals surface area (Å²) in [5.41, 5.74) is 2.72. The van der Waals surface area contributed by atoms with Gasteiger partial charge in [-0.2, -0.15) is 5.26 Å². The van der Waals surface area contributed by atoms with Crippen molar-refractivity contribution in [3.8, 4) is 6.07 Å². The van der Waals surface area contributed by atoms with Crippen molar-refractivity contribution in [2.24, 2.45) is 0 Å². The van der Waals surface area contributed by atoms with E-state index in [1.165, 1.54) is 11.1 Å². The van der Waals surface area contributed by atoms with E-state index in [0.717, 1.165) is 19.4 Å². The van der Waals surface area contributed by atoms with Gasteiger partial charge in [0.1, 0.15) is 0 Å². The number of likely N-dealkylation sites (N-methyl/N-ethyl adjacent to an activating group) is 1. The molecule has 1 aromatic rings. The molecule has 0 fully saturated rings. The van der Waals surface area contributed by atoms with Gasteiger partial charge in [0.05, 0.1) is 12.1 Å². The maximum absolute atomic E-state index is 8.78. The van der Waals surface area contributed by atoms with Crippen LogP contribution in [0.4, 0.5) is 0 Å². The van der Waals surface area contributed by atoms with Crippen LogP contribution in [0.25, 0.3) is 0 Å². The van der Waals surface area contributed by atoms with E-state index in [0.29, 0.717) is 0 Å². The second kappa shape index (κ2) is 6.30. The van der Waals surface area contributed by atoms with Gasteiger partial charge in [0, 0.05) is 6.54 Å². The SMILES string of the molecule is CCc1ccc(CCN(C)C(C)C#N)cc1. The molecule has 0 saturated heterocycles. The quantitative estimate of drug-likeness (QED) is 0.756. The molecule has 16 heavy (non-hydrogen) atoms. The van der Waals surface area contributed by atoms with E-state index in [4.69, 9.17) is 5.26 Å². The van der Waals surface area contributed by atoms with E-state index in [9.17, 15) is 0 Å². The minimum Gasteiger partial charge on any atom is -0.291 e. The molecule has 1 aromatic carbocycles. The molecule has 2 heteroatoms. The van der Waals surface area contributed by atoms with Crippen LogP contribution in [0.2, 0.25) is 0 Å². The van der Waals surface area contributed by atoms with E-state index in [1.54, 1.807) is 0 Å². The number of benzene rings is 1. The normalized spacial score (nSPS) is 12.4. The fraction of sp³-hybridized carbons (Fsp3) is 0.500. The highest BCUT2D eigenvalue weighted by Crippen LogP contribution is 2.06. The third-order valence-corrected chi connectivity index (χ3v) is 3.03. The van der Waals surface area contributed by atoms with Crippen molar-refractivity contribution in [3.63, 3.8) is 0 Å². The maximum Gasteiger partial charge on any atom is 0.0946 e. The highest BCUT2D eigenvalue weighted by Gasteiger charge is 2.06. The molecule has 0 aliphatic carbocycles. The molecular weight excluding hydrogens is 196 g/mol. The number of hydrogen-bond donors (Lipinski definition) is 0. The van der Waals surface area contributed by atoms with Crippen LogP contribution < -0.4 is 0 Å². The van der Waals surface area contributed by atoms with Gasteiger partial charge >= 0.3 is 0 Å². The van der Waals surface area contributed by atoms with Crippen LogP contribution in [-0.2, 0) is 12.8 Å². The van der Waals surface area contributed by atoms with Gasteiger partial charge < -0.3 is 0 Å². The summed E-state index contributed by atoms with van der Waals surface area (Å²) in [6, 6.07) is 11.0. The van der Waals surface area contributed by atoms with E-state index < -0.39 is 0 Å². The molecular formula is C14H20N2. The smallest absolute Gasteiger partial charge is 0.0946 e. The average molecular weight is 216 g/mol. The summed E-state index contributed by atoms with van der Waals surface area (Å²) >= 11 is 0. The molecule has 0 aliphatic rings. The Balaban J connectivity index is 2.46. The molecule has 1 unspecified atom stereocenters. The van der Waals surface area contributed by atoms with Gasteiger partial charge in [-0.05, 0) is 37.9 Å². The Labute approximate surface area is 98.5 Å². The first kappa shape index (κ1) is 12.7.